The van der Waals surface area contributed by atoms with Crippen molar-refractivity contribution >= 4 is 23.7 Å². The Labute approximate surface area is 221 Å². The fraction of sp³-hybridized carbons (Fsp3) is 0.419. The first-order chi connectivity index (χ1) is 17.6. The SMILES string of the molecule is CCC=CCC=CCC=CCC=CCC=CCCCCS[C@@H](CC)C(=O)Oc1ccccc1C(=O)O. The normalized spacial score (nSPS) is 13.1. The van der Waals surface area contributed by atoms with Crippen LogP contribution in [0.5, 0.6) is 5.75 Å². The van der Waals surface area contributed by atoms with Gasteiger partial charge < -0.3 is 9.84 Å². The van der Waals surface area contributed by atoms with Crippen LogP contribution in [0.3, 0.4) is 0 Å². The molecule has 0 saturated heterocycles. The lowest BCUT2D eigenvalue weighted by Gasteiger charge is -2.14. The molecule has 1 aromatic carbocycles. The van der Waals surface area contributed by atoms with Gasteiger partial charge in [-0.2, -0.15) is 0 Å². The predicted molar refractivity (Wildman–Crippen MR) is 154 cm³/mol. The predicted octanol–water partition coefficient (Wildman–Crippen LogP) is 8.72. The Morgan fingerprint density at radius 3 is 1.94 bits per heavy atom. The molecule has 0 unspecified atom stereocenters. The van der Waals surface area contributed by atoms with Gasteiger partial charge >= 0.3 is 11.9 Å². The number of esters is 1. The van der Waals surface area contributed by atoms with E-state index in [4.69, 9.17) is 4.74 Å². The molecular formula is C31H42O4S. The number of thioether (sulfide) groups is 1. The Bertz CT molecular complexity index is 896. The van der Waals surface area contributed by atoms with E-state index < -0.39 is 5.97 Å². The number of aromatic carboxylic acids is 1. The molecule has 0 spiro atoms. The molecule has 0 fully saturated rings. The molecule has 1 rings (SSSR count). The number of allylic oxidation sites excluding steroid dienone is 10. The average molecular weight is 511 g/mol. The number of benzene rings is 1. The van der Waals surface area contributed by atoms with E-state index in [0.29, 0.717) is 6.42 Å². The summed E-state index contributed by atoms with van der Waals surface area (Å²) in [7, 11) is 0. The summed E-state index contributed by atoms with van der Waals surface area (Å²) in [6.07, 6.45) is 30.8. The van der Waals surface area contributed by atoms with Gasteiger partial charge in [-0.05, 0) is 75.7 Å². The van der Waals surface area contributed by atoms with Gasteiger partial charge in [-0.15, -0.1) is 11.8 Å². The van der Waals surface area contributed by atoms with Crippen molar-refractivity contribution in [2.45, 2.75) is 76.9 Å². The second kappa shape index (κ2) is 21.5. The van der Waals surface area contributed by atoms with Crippen LogP contribution < -0.4 is 4.74 Å². The van der Waals surface area contributed by atoms with Crippen molar-refractivity contribution in [1.29, 1.82) is 0 Å². The van der Waals surface area contributed by atoms with Crippen LogP contribution in [-0.4, -0.2) is 28.0 Å². The highest BCUT2D eigenvalue weighted by atomic mass is 32.2. The highest BCUT2D eigenvalue weighted by molar-refractivity contribution is 8.00. The Balaban J connectivity index is 2.13. The van der Waals surface area contributed by atoms with Crippen LogP contribution in [0.15, 0.2) is 85.0 Å². The highest BCUT2D eigenvalue weighted by Crippen LogP contribution is 2.23. The largest absolute Gasteiger partial charge is 0.478 e. The molecule has 36 heavy (non-hydrogen) atoms. The molecule has 4 nitrogen and oxygen atoms in total. The molecule has 0 radical (unpaired) electrons. The minimum absolute atomic E-state index is 0.00256. The molecule has 0 aliphatic rings. The molecule has 0 aliphatic heterocycles. The molecule has 1 N–H and O–H groups in total. The van der Waals surface area contributed by atoms with Crippen LogP contribution >= 0.6 is 11.8 Å². The molecule has 196 valence electrons. The Morgan fingerprint density at radius 2 is 1.39 bits per heavy atom. The lowest BCUT2D eigenvalue weighted by Crippen LogP contribution is -2.23. The van der Waals surface area contributed by atoms with Crippen molar-refractivity contribution in [3.8, 4) is 5.75 Å². The van der Waals surface area contributed by atoms with E-state index in [-0.39, 0.29) is 22.5 Å². The zero-order valence-electron chi connectivity index (χ0n) is 21.8. The first-order valence-corrected chi connectivity index (χ1v) is 14.1. The zero-order chi connectivity index (χ0) is 26.3. The molecule has 0 bridgehead atoms. The van der Waals surface area contributed by atoms with Gasteiger partial charge in [-0.3, -0.25) is 4.79 Å². The quantitative estimate of drug-likeness (QED) is 0.0872. The van der Waals surface area contributed by atoms with Gasteiger partial charge in [0.2, 0.25) is 0 Å². The molecule has 5 heteroatoms. The summed E-state index contributed by atoms with van der Waals surface area (Å²) in [5.74, 6) is -0.505. The van der Waals surface area contributed by atoms with Crippen LogP contribution in [0.4, 0.5) is 0 Å². The van der Waals surface area contributed by atoms with Gasteiger partial charge in [-0.1, -0.05) is 86.7 Å². The molecule has 1 aromatic rings. The number of para-hydroxylation sites is 1. The maximum atomic E-state index is 12.5. The number of carbonyl (C=O) groups is 2. The van der Waals surface area contributed by atoms with Crippen molar-refractivity contribution in [2.75, 3.05) is 5.75 Å². The second-order valence-corrected chi connectivity index (χ2v) is 9.50. The smallest absolute Gasteiger partial charge is 0.339 e. The van der Waals surface area contributed by atoms with Gasteiger partial charge in [0.05, 0.1) is 0 Å². The third-order valence-electron chi connectivity index (χ3n) is 5.20. The number of unbranched alkanes of at least 4 members (excludes halogenated alkanes) is 2. The zero-order valence-corrected chi connectivity index (χ0v) is 22.6. The van der Waals surface area contributed by atoms with Gasteiger partial charge in [0.1, 0.15) is 16.6 Å². The van der Waals surface area contributed by atoms with Crippen LogP contribution in [0.1, 0.15) is 82.0 Å². The summed E-state index contributed by atoms with van der Waals surface area (Å²) in [5.41, 5.74) is 0.00256. The third kappa shape index (κ3) is 15.3. The van der Waals surface area contributed by atoms with Crippen LogP contribution in [0, 0.1) is 0 Å². The fourth-order valence-electron chi connectivity index (χ4n) is 3.22. The summed E-state index contributed by atoms with van der Waals surface area (Å²) in [6.45, 7) is 4.09. The van der Waals surface area contributed by atoms with Crippen LogP contribution in [-0.2, 0) is 4.79 Å². The maximum absolute atomic E-state index is 12.5. The van der Waals surface area contributed by atoms with Crippen LogP contribution in [0.25, 0.3) is 0 Å². The molecule has 0 aliphatic carbocycles. The standard InChI is InChI=1S/C31H42O4S/c1-3-5-6-7-8-9-10-11-12-13-14-15-16-17-18-19-20-23-26-36-29(4-2)31(34)35-28-25-22-21-24-27(28)30(32)33/h5-6,8-9,11-12,14-15,17-18,21-22,24-25,29H,3-4,7,10,13,16,19-20,23,26H2,1-2H3,(H,32,33)/t29-/m0/s1. The van der Waals surface area contributed by atoms with E-state index in [1.807, 2.05) is 6.92 Å². The maximum Gasteiger partial charge on any atom is 0.339 e. The second-order valence-electron chi connectivity index (χ2n) is 8.19. The van der Waals surface area contributed by atoms with E-state index in [9.17, 15) is 14.7 Å². The highest BCUT2D eigenvalue weighted by Gasteiger charge is 2.21. The van der Waals surface area contributed by atoms with Crippen molar-refractivity contribution in [3.05, 3.63) is 90.6 Å². The Morgan fingerprint density at radius 1 is 0.833 bits per heavy atom. The van der Waals surface area contributed by atoms with Gasteiger partial charge in [0.25, 0.3) is 0 Å². The minimum Gasteiger partial charge on any atom is -0.478 e. The first kappa shape index (κ1) is 31.2. The van der Waals surface area contributed by atoms with E-state index in [1.165, 1.54) is 12.1 Å². The number of carboxylic acid groups (broad SMARTS) is 1. The van der Waals surface area contributed by atoms with E-state index >= 15 is 0 Å². The van der Waals surface area contributed by atoms with E-state index in [0.717, 1.165) is 57.1 Å². The number of hydrogen-bond acceptors (Lipinski definition) is 4. The van der Waals surface area contributed by atoms with E-state index in [2.05, 4.69) is 67.7 Å². The topological polar surface area (TPSA) is 63.6 Å². The average Bonchev–Trinajstić information content (AvgIpc) is 2.87. The Kier molecular flexibility index (Phi) is 18.6. The summed E-state index contributed by atoms with van der Waals surface area (Å²) in [5, 5.41) is 8.95. The number of carbonyl (C=O) groups excluding carboxylic acids is 1. The van der Waals surface area contributed by atoms with Crippen molar-refractivity contribution in [2.24, 2.45) is 0 Å². The molecule has 1 atom stereocenters. The van der Waals surface area contributed by atoms with Gasteiger partial charge in [0, 0.05) is 0 Å². The van der Waals surface area contributed by atoms with Gasteiger partial charge in [-0.25, -0.2) is 4.79 Å². The molecule has 0 amide bonds. The monoisotopic (exact) mass is 510 g/mol. The number of rotatable bonds is 19. The molecule has 0 saturated carbocycles. The number of ether oxygens (including phenoxy) is 1. The fourth-order valence-corrected chi connectivity index (χ4v) is 4.29. The lowest BCUT2D eigenvalue weighted by atomic mass is 10.2. The molecular weight excluding hydrogens is 468 g/mol. The summed E-state index contributed by atoms with van der Waals surface area (Å²) in [6, 6.07) is 6.24. The number of hydrogen-bond donors (Lipinski definition) is 1. The van der Waals surface area contributed by atoms with E-state index in [1.54, 1.807) is 23.9 Å². The van der Waals surface area contributed by atoms with Crippen molar-refractivity contribution in [1.82, 2.24) is 0 Å². The first-order valence-electron chi connectivity index (χ1n) is 13.0. The summed E-state index contributed by atoms with van der Waals surface area (Å²) < 4.78 is 5.38. The van der Waals surface area contributed by atoms with Gasteiger partial charge in [0.15, 0.2) is 0 Å². The van der Waals surface area contributed by atoms with Crippen molar-refractivity contribution in [3.63, 3.8) is 0 Å². The minimum atomic E-state index is -1.10. The summed E-state index contributed by atoms with van der Waals surface area (Å²) >= 11 is 1.58. The lowest BCUT2D eigenvalue weighted by molar-refractivity contribution is -0.133. The molecule has 0 aromatic heterocycles. The Hall–Kier alpha value is -2.79. The third-order valence-corrected chi connectivity index (χ3v) is 6.66. The van der Waals surface area contributed by atoms with Crippen molar-refractivity contribution < 1.29 is 19.4 Å². The number of carboxylic acids is 1. The van der Waals surface area contributed by atoms with Crippen LogP contribution in [0.2, 0.25) is 0 Å². The molecule has 0 heterocycles. The summed E-state index contributed by atoms with van der Waals surface area (Å²) in [4.78, 5) is 23.8.